The number of phenolic OH excluding ortho intramolecular Hbond substituents is 2. The minimum Gasteiger partial charge on any atom is -0.507 e. The zero-order chi connectivity index (χ0) is 32.4. The lowest BCUT2D eigenvalue weighted by Crippen LogP contribution is -2.44. The predicted octanol–water partition coefficient (Wildman–Crippen LogP) is 9.80. The third-order valence-corrected chi connectivity index (χ3v) is 9.26. The lowest BCUT2D eigenvalue weighted by molar-refractivity contribution is 0.0203. The van der Waals surface area contributed by atoms with Gasteiger partial charge in [-0.3, -0.25) is 0 Å². The number of phenols is 2. The van der Waals surface area contributed by atoms with E-state index < -0.39 is 6.10 Å². The van der Waals surface area contributed by atoms with E-state index >= 15 is 0 Å². The quantitative estimate of drug-likeness (QED) is 0.318. The van der Waals surface area contributed by atoms with Crippen molar-refractivity contribution in [1.29, 1.82) is 0 Å². The minimum absolute atomic E-state index is 0.171. The number of aliphatic hydroxyl groups is 1. The van der Waals surface area contributed by atoms with Gasteiger partial charge in [-0.05, 0) is 92.2 Å². The van der Waals surface area contributed by atoms with E-state index in [1.165, 1.54) is 5.56 Å². The molecule has 2 aromatic carbocycles. The maximum Gasteiger partial charge on any atom is 0.123 e. The zero-order valence-electron chi connectivity index (χ0n) is 29.4. The summed E-state index contributed by atoms with van der Waals surface area (Å²) in [5.74, 6) is 0.807. The molecule has 0 bridgehead atoms. The van der Waals surface area contributed by atoms with E-state index in [0.717, 1.165) is 52.7 Å². The molecule has 234 valence electrons. The minimum atomic E-state index is -0.550. The summed E-state index contributed by atoms with van der Waals surface area (Å²) in [4.78, 5) is 0. The predicted molar refractivity (Wildman–Crippen MR) is 179 cm³/mol. The average Bonchev–Trinajstić information content (AvgIpc) is 2.76. The Balaban J connectivity index is 2.11. The number of rotatable bonds is 4. The highest BCUT2D eigenvalue weighted by Crippen LogP contribution is 2.50. The van der Waals surface area contributed by atoms with Crippen LogP contribution >= 0.6 is 0 Å². The highest BCUT2D eigenvalue weighted by molar-refractivity contribution is 5.51. The van der Waals surface area contributed by atoms with E-state index in [1.54, 1.807) is 0 Å². The Labute approximate surface area is 257 Å². The van der Waals surface area contributed by atoms with E-state index in [1.807, 2.05) is 0 Å². The fourth-order valence-corrected chi connectivity index (χ4v) is 7.33. The van der Waals surface area contributed by atoms with Crippen LogP contribution in [0.3, 0.4) is 0 Å². The van der Waals surface area contributed by atoms with Crippen LogP contribution in [0.25, 0.3) is 0 Å². The molecule has 0 aromatic heterocycles. The van der Waals surface area contributed by atoms with Crippen molar-refractivity contribution in [1.82, 2.24) is 0 Å². The topological polar surface area (TPSA) is 60.7 Å². The van der Waals surface area contributed by atoms with E-state index in [0.29, 0.717) is 11.5 Å². The smallest absolute Gasteiger partial charge is 0.123 e. The summed E-state index contributed by atoms with van der Waals surface area (Å²) >= 11 is 0. The van der Waals surface area contributed by atoms with Gasteiger partial charge in [-0.25, -0.2) is 0 Å². The van der Waals surface area contributed by atoms with Gasteiger partial charge in [-0.1, -0.05) is 127 Å². The molecule has 0 radical (unpaired) electrons. The Morgan fingerprint density at radius 2 is 0.929 bits per heavy atom. The molecule has 3 atom stereocenters. The fraction of sp³-hybridized carbons (Fsp3) is 0.641. The number of allylic oxidation sites excluding steroid dienone is 1. The maximum atomic E-state index is 11.7. The SMILES string of the molecule is CC1=CC(C)(Cc2cc(C(C)(C)C)c(O)c(C(C)(C)C)c2)CC(C)(Cc2cc(C(C)(C)C)c(O)c(C(C)(C)C)c2)C1O. The third kappa shape index (κ3) is 7.09. The van der Waals surface area contributed by atoms with Gasteiger partial charge in [0.1, 0.15) is 11.5 Å². The number of aliphatic hydroxyl groups excluding tert-OH is 1. The Morgan fingerprint density at radius 3 is 1.24 bits per heavy atom. The normalized spacial score (nSPS) is 24.1. The van der Waals surface area contributed by atoms with Crippen LogP contribution in [0.1, 0.15) is 144 Å². The monoisotopic (exact) mass is 576 g/mol. The largest absolute Gasteiger partial charge is 0.507 e. The number of hydrogen-bond acceptors (Lipinski definition) is 3. The third-order valence-electron chi connectivity index (χ3n) is 9.26. The van der Waals surface area contributed by atoms with Crippen molar-refractivity contribution < 1.29 is 15.3 Å². The van der Waals surface area contributed by atoms with Gasteiger partial charge >= 0.3 is 0 Å². The Kier molecular flexibility index (Phi) is 8.74. The van der Waals surface area contributed by atoms with E-state index in [9.17, 15) is 15.3 Å². The van der Waals surface area contributed by atoms with Gasteiger partial charge in [0.15, 0.2) is 0 Å². The van der Waals surface area contributed by atoms with Crippen LogP contribution in [0.4, 0.5) is 0 Å². The van der Waals surface area contributed by atoms with Gasteiger partial charge in [-0.2, -0.15) is 0 Å². The van der Waals surface area contributed by atoms with Crippen molar-refractivity contribution in [2.75, 3.05) is 0 Å². The first-order valence-electron chi connectivity index (χ1n) is 15.8. The van der Waals surface area contributed by atoms with Crippen LogP contribution in [-0.2, 0) is 34.5 Å². The van der Waals surface area contributed by atoms with Crippen molar-refractivity contribution in [3.05, 3.63) is 69.3 Å². The molecule has 3 heteroatoms. The van der Waals surface area contributed by atoms with Gasteiger partial charge in [0.05, 0.1) is 6.10 Å². The van der Waals surface area contributed by atoms with Gasteiger partial charge < -0.3 is 15.3 Å². The first-order chi connectivity index (χ1) is 18.7. The summed E-state index contributed by atoms with van der Waals surface area (Å²) in [6.07, 6.45) is 4.11. The lowest BCUT2D eigenvalue weighted by Gasteiger charge is -2.47. The zero-order valence-corrected chi connectivity index (χ0v) is 29.4. The second-order valence-corrected chi connectivity index (χ2v) is 18.2. The van der Waals surface area contributed by atoms with Crippen LogP contribution in [0, 0.1) is 10.8 Å². The summed E-state index contributed by atoms with van der Waals surface area (Å²) in [5.41, 5.74) is 5.97. The molecule has 3 unspecified atom stereocenters. The highest BCUT2D eigenvalue weighted by Gasteiger charge is 2.45. The van der Waals surface area contributed by atoms with Gasteiger partial charge in [0.2, 0.25) is 0 Å². The average molecular weight is 577 g/mol. The standard InChI is InChI=1S/C39H60O3/c1-24-20-38(14,21-25-16-27(34(2,3)4)31(40)28(17-25)35(5,6)7)23-39(15,33(24)42)22-26-18-29(36(8,9)10)32(41)30(19-26)37(11,12)13/h16-20,33,40-42H,21-23H2,1-15H3. The molecule has 3 rings (SSSR count). The molecule has 42 heavy (non-hydrogen) atoms. The van der Waals surface area contributed by atoms with Crippen LogP contribution in [0.2, 0.25) is 0 Å². The van der Waals surface area contributed by atoms with E-state index in [4.69, 9.17) is 0 Å². The molecule has 3 N–H and O–H groups in total. The van der Waals surface area contributed by atoms with Crippen molar-refractivity contribution in [3.63, 3.8) is 0 Å². The molecular formula is C39H60O3. The fourth-order valence-electron chi connectivity index (χ4n) is 7.33. The second kappa shape index (κ2) is 10.7. The number of benzene rings is 2. The molecule has 0 saturated heterocycles. The van der Waals surface area contributed by atoms with Gasteiger partial charge in [0, 0.05) is 5.41 Å². The lowest BCUT2D eigenvalue weighted by atomic mass is 9.59. The molecule has 0 amide bonds. The molecule has 1 aliphatic rings. The molecule has 0 fully saturated rings. The van der Waals surface area contributed by atoms with Crippen molar-refractivity contribution in [2.24, 2.45) is 10.8 Å². The molecule has 0 aliphatic heterocycles. The van der Waals surface area contributed by atoms with Gasteiger partial charge in [0.25, 0.3) is 0 Å². The Morgan fingerprint density at radius 1 is 0.619 bits per heavy atom. The van der Waals surface area contributed by atoms with E-state index in [2.05, 4.69) is 134 Å². The van der Waals surface area contributed by atoms with Gasteiger partial charge in [-0.15, -0.1) is 0 Å². The van der Waals surface area contributed by atoms with Crippen molar-refractivity contribution in [2.45, 2.75) is 151 Å². The molecule has 0 heterocycles. The molecular weight excluding hydrogens is 516 g/mol. The number of hydrogen-bond donors (Lipinski definition) is 3. The molecule has 3 nitrogen and oxygen atoms in total. The van der Waals surface area contributed by atoms with Crippen LogP contribution in [-0.4, -0.2) is 21.4 Å². The maximum absolute atomic E-state index is 11.7. The number of aromatic hydroxyl groups is 2. The van der Waals surface area contributed by atoms with Crippen LogP contribution in [0.5, 0.6) is 11.5 Å². The summed E-state index contributed by atoms with van der Waals surface area (Å²) in [6, 6.07) is 8.73. The highest BCUT2D eigenvalue weighted by atomic mass is 16.3. The molecule has 0 saturated carbocycles. The Hall–Kier alpha value is -2.26. The summed E-state index contributed by atoms with van der Waals surface area (Å²) in [5, 5.41) is 34.2. The first kappa shape index (κ1) is 34.2. The van der Waals surface area contributed by atoms with E-state index in [-0.39, 0.29) is 32.5 Å². The molecule has 2 aromatic rings. The second-order valence-electron chi connectivity index (χ2n) is 18.2. The van der Waals surface area contributed by atoms with Crippen molar-refractivity contribution >= 4 is 0 Å². The molecule has 1 aliphatic carbocycles. The summed E-state index contributed by atoms with van der Waals surface area (Å²) < 4.78 is 0. The Bertz CT molecular complexity index is 1280. The van der Waals surface area contributed by atoms with Crippen LogP contribution < -0.4 is 0 Å². The van der Waals surface area contributed by atoms with Crippen LogP contribution in [0.15, 0.2) is 35.9 Å². The first-order valence-corrected chi connectivity index (χ1v) is 15.8. The molecule has 0 spiro atoms. The summed E-state index contributed by atoms with van der Waals surface area (Å²) in [7, 11) is 0. The summed E-state index contributed by atoms with van der Waals surface area (Å²) in [6.45, 7) is 32.5. The van der Waals surface area contributed by atoms with Crippen molar-refractivity contribution in [3.8, 4) is 11.5 Å².